The maximum absolute atomic E-state index is 13.2. The third-order valence-corrected chi connectivity index (χ3v) is 5.21. The quantitative estimate of drug-likeness (QED) is 0.599. The van der Waals surface area contributed by atoms with Crippen LogP contribution in [0.25, 0.3) is 5.69 Å². The molecule has 1 unspecified atom stereocenters. The molecule has 10 heteroatoms. The zero-order valence-corrected chi connectivity index (χ0v) is 16.3. The highest BCUT2D eigenvalue weighted by Gasteiger charge is 2.36. The van der Waals surface area contributed by atoms with E-state index >= 15 is 0 Å². The van der Waals surface area contributed by atoms with E-state index in [1.807, 2.05) is 0 Å². The van der Waals surface area contributed by atoms with Gasteiger partial charge in [0.05, 0.1) is 23.3 Å². The topological polar surface area (TPSA) is 56.0 Å². The van der Waals surface area contributed by atoms with E-state index in [-0.39, 0.29) is 17.4 Å². The zero-order chi connectivity index (χ0) is 21.6. The van der Waals surface area contributed by atoms with Gasteiger partial charge in [0.2, 0.25) is 0 Å². The molecular formula is C20H19F4N5O. The molecule has 3 heterocycles. The predicted molar refractivity (Wildman–Crippen MR) is 101 cm³/mol. The number of amides is 1. The molecule has 0 fully saturated rings. The van der Waals surface area contributed by atoms with Gasteiger partial charge in [-0.25, -0.2) is 9.07 Å². The average molecular weight is 421 g/mol. The number of aryl methyl sites for hydroxylation is 1. The molecule has 0 radical (unpaired) electrons. The number of hydrogen-bond donors (Lipinski definition) is 0. The van der Waals surface area contributed by atoms with Crippen LogP contribution in [0.2, 0.25) is 0 Å². The van der Waals surface area contributed by atoms with Crippen LogP contribution < -0.4 is 4.90 Å². The van der Waals surface area contributed by atoms with Gasteiger partial charge in [-0.2, -0.15) is 23.4 Å². The van der Waals surface area contributed by atoms with Crippen LogP contribution in [0.3, 0.4) is 0 Å². The van der Waals surface area contributed by atoms with Crippen LogP contribution in [-0.4, -0.2) is 32.0 Å². The number of fused-ring (bicyclic) bond motifs is 1. The third-order valence-electron chi connectivity index (χ3n) is 5.21. The number of benzene rings is 1. The molecule has 2 aromatic heterocycles. The Morgan fingerprint density at radius 2 is 1.90 bits per heavy atom. The van der Waals surface area contributed by atoms with E-state index in [4.69, 9.17) is 0 Å². The van der Waals surface area contributed by atoms with E-state index < -0.39 is 17.9 Å². The van der Waals surface area contributed by atoms with E-state index in [2.05, 4.69) is 10.2 Å². The number of aromatic nitrogens is 4. The van der Waals surface area contributed by atoms with Crippen molar-refractivity contribution in [2.45, 2.75) is 38.9 Å². The number of anilines is 1. The standard InChI is InChI=1S/C20H19F4N5O/c1-12-10-18(20(22,23)24)26-28(12)13(2)19(30)27-9-3-4-16-17(27)11-25-29(16)15-7-5-14(21)6-8-15/h5-8,10-11,13H,3-4,9H2,1-2H3. The largest absolute Gasteiger partial charge is 0.435 e. The van der Waals surface area contributed by atoms with Crippen LogP contribution >= 0.6 is 0 Å². The monoisotopic (exact) mass is 421 g/mol. The van der Waals surface area contributed by atoms with Gasteiger partial charge in [-0.05, 0) is 57.0 Å². The molecule has 0 saturated heterocycles. The number of carbonyl (C=O) groups is 1. The molecule has 1 aliphatic heterocycles. The second kappa shape index (κ2) is 7.26. The van der Waals surface area contributed by atoms with Gasteiger partial charge in [-0.15, -0.1) is 0 Å². The normalized spacial score (nSPS) is 15.2. The fourth-order valence-corrected chi connectivity index (χ4v) is 3.73. The number of alkyl halides is 3. The second-order valence-electron chi connectivity index (χ2n) is 7.25. The lowest BCUT2D eigenvalue weighted by molar-refractivity contribution is -0.141. The summed E-state index contributed by atoms with van der Waals surface area (Å²) in [4.78, 5) is 14.7. The van der Waals surface area contributed by atoms with Gasteiger partial charge in [0.15, 0.2) is 5.69 Å². The van der Waals surface area contributed by atoms with Crippen LogP contribution in [0.4, 0.5) is 23.2 Å². The fourth-order valence-electron chi connectivity index (χ4n) is 3.73. The van der Waals surface area contributed by atoms with E-state index in [0.29, 0.717) is 30.8 Å². The smallest absolute Gasteiger partial charge is 0.307 e. The molecule has 30 heavy (non-hydrogen) atoms. The molecule has 0 bridgehead atoms. The molecule has 0 spiro atoms. The lowest BCUT2D eigenvalue weighted by Crippen LogP contribution is -2.40. The minimum absolute atomic E-state index is 0.252. The Bertz CT molecular complexity index is 1080. The Labute approximate surface area is 169 Å². The Morgan fingerprint density at radius 1 is 1.20 bits per heavy atom. The highest BCUT2D eigenvalue weighted by atomic mass is 19.4. The van der Waals surface area contributed by atoms with Crippen molar-refractivity contribution < 1.29 is 22.4 Å². The lowest BCUT2D eigenvalue weighted by atomic mass is 10.1. The van der Waals surface area contributed by atoms with Crippen molar-refractivity contribution in [3.05, 3.63) is 59.4 Å². The van der Waals surface area contributed by atoms with Crippen molar-refractivity contribution >= 4 is 11.6 Å². The van der Waals surface area contributed by atoms with Crippen molar-refractivity contribution in [1.29, 1.82) is 0 Å². The summed E-state index contributed by atoms with van der Waals surface area (Å²) in [6.45, 7) is 3.44. The number of halogens is 4. The summed E-state index contributed by atoms with van der Waals surface area (Å²) in [7, 11) is 0. The summed E-state index contributed by atoms with van der Waals surface area (Å²) in [6.07, 6.45) is -1.68. The first-order valence-corrected chi connectivity index (χ1v) is 9.44. The van der Waals surface area contributed by atoms with E-state index in [1.165, 1.54) is 30.9 Å². The Morgan fingerprint density at radius 3 is 2.53 bits per heavy atom. The second-order valence-corrected chi connectivity index (χ2v) is 7.25. The van der Waals surface area contributed by atoms with Crippen LogP contribution in [0, 0.1) is 12.7 Å². The predicted octanol–water partition coefficient (Wildman–Crippen LogP) is 4.08. The van der Waals surface area contributed by atoms with Crippen LogP contribution in [0.15, 0.2) is 36.5 Å². The highest BCUT2D eigenvalue weighted by Crippen LogP contribution is 2.32. The van der Waals surface area contributed by atoms with Gasteiger partial charge in [-0.3, -0.25) is 9.48 Å². The Balaban J connectivity index is 1.64. The van der Waals surface area contributed by atoms with E-state index in [1.54, 1.807) is 23.0 Å². The number of carbonyl (C=O) groups excluding carboxylic acids is 1. The molecule has 0 N–H and O–H groups in total. The summed E-state index contributed by atoms with van der Waals surface area (Å²) >= 11 is 0. The van der Waals surface area contributed by atoms with Gasteiger partial charge < -0.3 is 4.90 Å². The number of nitrogens with zero attached hydrogens (tertiary/aromatic N) is 5. The SMILES string of the molecule is Cc1cc(C(F)(F)F)nn1C(C)C(=O)N1CCCc2c1cnn2-c1ccc(F)cc1. The summed E-state index contributed by atoms with van der Waals surface area (Å²) in [5, 5.41) is 7.95. The molecule has 6 nitrogen and oxygen atoms in total. The first-order chi connectivity index (χ1) is 14.2. The van der Waals surface area contributed by atoms with Crippen LogP contribution in [0.1, 0.15) is 36.5 Å². The van der Waals surface area contributed by atoms with Crippen molar-refractivity contribution in [1.82, 2.24) is 19.6 Å². The molecule has 0 aliphatic carbocycles. The number of hydrogen-bond acceptors (Lipinski definition) is 3. The molecule has 4 rings (SSSR count). The minimum atomic E-state index is -4.58. The van der Waals surface area contributed by atoms with Crippen molar-refractivity contribution in [3.8, 4) is 5.69 Å². The molecular weight excluding hydrogens is 402 g/mol. The van der Waals surface area contributed by atoms with Crippen molar-refractivity contribution in [2.24, 2.45) is 0 Å². The van der Waals surface area contributed by atoms with E-state index in [0.717, 1.165) is 16.4 Å². The Kier molecular flexibility index (Phi) is 4.87. The Hall–Kier alpha value is -3.17. The van der Waals surface area contributed by atoms with Crippen LogP contribution in [0.5, 0.6) is 0 Å². The van der Waals surface area contributed by atoms with E-state index in [9.17, 15) is 22.4 Å². The average Bonchev–Trinajstić information content (AvgIpc) is 3.31. The molecule has 0 saturated carbocycles. The van der Waals surface area contributed by atoms with Crippen molar-refractivity contribution in [3.63, 3.8) is 0 Å². The molecule has 1 aromatic carbocycles. The molecule has 1 amide bonds. The minimum Gasteiger partial charge on any atom is -0.307 e. The first kappa shape index (κ1) is 20.1. The molecule has 1 aliphatic rings. The van der Waals surface area contributed by atoms with Gasteiger partial charge in [0.1, 0.15) is 11.9 Å². The lowest BCUT2D eigenvalue weighted by Gasteiger charge is -2.30. The summed E-state index contributed by atoms with van der Waals surface area (Å²) in [5.74, 6) is -0.729. The molecule has 1 atom stereocenters. The molecule has 3 aromatic rings. The fraction of sp³-hybridized carbons (Fsp3) is 0.350. The summed E-state index contributed by atoms with van der Waals surface area (Å²) in [6, 6.07) is 5.86. The van der Waals surface area contributed by atoms with Gasteiger partial charge in [-0.1, -0.05) is 0 Å². The number of rotatable bonds is 3. The maximum atomic E-state index is 13.2. The maximum Gasteiger partial charge on any atom is 0.435 e. The third kappa shape index (κ3) is 3.46. The first-order valence-electron chi connectivity index (χ1n) is 9.44. The summed E-state index contributed by atoms with van der Waals surface area (Å²) < 4.78 is 54.9. The van der Waals surface area contributed by atoms with Gasteiger partial charge >= 0.3 is 6.18 Å². The highest BCUT2D eigenvalue weighted by molar-refractivity contribution is 5.96. The van der Waals surface area contributed by atoms with Crippen LogP contribution in [-0.2, 0) is 17.4 Å². The zero-order valence-electron chi connectivity index (χ0n) is 16.3. The molecule has 158 valence electrons. The van der Waals surface area contributed by atoms with Crippen molar-refractivity contribution in [2.75, 3.05) is 11.4 Å². The summed E-state index contributed by atoms with van der Waals surface area (Å²) in [5.41, 5.74) is 1.29. The van der Waals surface area contributed by atoms with Gasteiger partial charge in [0, 0.05) is 12.2 Å². The van der Waals surface area contributed by atoms with Gasteiger partial charge in [0.25, 0.3) is 5.91 Å².